The first kappa shape index (κ1) is 19.9. The van der Waals surface area contributed by atoms with E-state index in [0.717, 1.165) is 12.8 Å². The zero-order valence-electron chi connectivity index (χ0n) is 16.2. The fourth-order valence-corrected chi connectivity index (χ4v) is 3.09. The Morgan fingerprint density at radius 3 is 2.89 bits per heavy atom. The maximum Gasteiger partial charge on any atom is 0.352 e. The molecule has 0 fully saturated rings. The smallest absolute Gasteiger partial charge is 0.352 e. The largest absolute Gasteiger partial charge is 0.473 e. The number of anilines is 1. The van der Waals surface area contributed by atoms with Crippen LogP contribution in [-0.4, -0.2) is 35.1 Å². The monoisotopic (exact) mass is 388 g/mol. The predicted octanol–water partition coefficient (Wildman–Crippen LogP) is 2.01. The second-order valence-electron chi connectivity index (χ2n) is 6.88. The standard InChI is InChI=1S/C20H25FN4O3/c1-3-7-22-17(26)12-24-8-4-9-25-19(24)11-18(23-20(25)27)28-13-15-6-5-14(2)16(21)10-15/h5-6,10-11H,3-4,7-9,12-13H2,1-2H3,(H,22,26). The average molecular weight is 388 g/mol. The van der Waals surface area contributed by atoms with E-state index < -0.39 is 5.69 Å². The molecule has 7 nitrogen and oxygen atoms in total. The Hall–Kier alpha value is -2.90. The lowest BCUT2D eigenvalue weighted by Gasteiger charge is -2.31. The van der Waals surface area contributed by atoms with Crippen molar-refractivity contribution in [2.75, 3.05) is 24.5 Å². The van der Waals surface area contributed by atoms with Crippen LogP contribution in [0, 0.1) is 12.7 Å². The number of benzene rings is 1. The van der Waals surface area contributed by atoms with Crippen molar-refractivity contribution >= 4 is 11.7 Å². The van der Waals surface area contributed by atoms with Gasteiger partial charge in [0.05, 0.1) is 6.54 Å². The number of nitrogens with one attached hydrogen (secondary N) is 1. The number of amides is 1. The third-order valence-electron chi connectivity index (χ3n) is 4.63. The SMILES string of the molecule is CCCNC(=O)CN1CCCn2c1cc(OCc1ccc(C)c(F)c1)nc2=O. The molecule has 1 aromatic heterocycles. The number of fused-ring (bicyclic) bond motifs is 1. The van der Waals surface area contributed by atoms with Gasteiger partial charge < -0.3 is 15.0 Å². The van der Waals surface area contributed by atoms with E-state index in [1.807, 2.05) is 11.8 Å². The highest BCUT2D eigenvalue weighted by Gasteiger charge is 2.22. The summed E-state index contributed by atoms with van der Waals surface area (Å²) in [5.41, 5.74) is 0.797. The number of ether oxygens (including phenoxy) is 1. The average Bonchev–Trinajstić information content (AvgIpc) is 2.68. The molecule has 0 atom stereocenters. The van der Waals surface area contributed by atoms with Crippen LogP contribution in [-0.2, 0) is 17.9 Å². The Bertz CT molecular complexity index is 913. The van der Waals surface area contributed by atoms with Gasteiger partial charge in [-0.15, -0.1) is 0 Å². The summed E-state index contributed by atoms with van der Waals surface area (Å²) in [7, 11) is 0. The van der Waals surface area contributed by atoms with Crippen LogP contribution in [0.1, 0.15) is 30.9 Å². The highest BCUT2D eigenvalue weighted by atomic mass is 19.1. The topological polar surface area (TPSA) is 76.5 Å². The molecule has 0 bridgehead atoms. The van der Waals surface area contributed by atoms with E-state index in [0.29, 0.717) is 36.6 Å². The second-order valence-corrected chi connectivity index (χ2v) is 6.88. The first-order chi connectivity index (χ1) is 13.5. The number of rotatable bonds is 7. The molecule has 2 heterocycles. The third kappa shape index (κ3) is 4.68. The summed E-state index contributed by atoms with van der Waals surface area (Å²) in [5, 5.41) is 2.85. The number of aryl methyl sites for hydroxylation is 1. The molecule has 1 aromatic carbocycles. The van der Waals surface area contributed by atoms with Gasteiger partial charge in [0, 0.05) is 25.7 Å². The molecule has 1 amide bonds. The van der Waals surface area contributed by atoms with Gasteiger partial charge in [0.2, 0.25) is 11.8 Å². The normalized spacial score (nSPS) is 13.2. The minimum atomic E-state index is -0.416. The summed E-state index contributed by atoms with van der Waals surface area (Å²) in [6, 6.07) is 6.52. The lowest BCUT2D eigenvalue weighted by Crippen LogP contribution is -2.44. The molecule has 0 saturated carbocycles. The molecule has 8 heteroatoms. The summed E-state index contributed by atoms with van der Waals surface area (Å²) in [5.74, 6) is 0.391. The molecule has 0 saturated heterocycles. The highest BCUT2D eigenvalue weighted by molar-refractivity contribution is 5.81. The predicted molar refractivity (Wildman–Crippen MR) is 104 cm³/mol. The van der Waals surface area contributed by atoms with Crippen molar-refractivity contribution in [1.82, 2.24) is 14.9 Å². The van der Waals surface area contributed by atoms with Crippen molar-refractivity contribution in [3.8, 4) is 5.88 Å². The van der Waals surface area contributed by atoms with Crippen molar-refractivity contribution in [3.05, 3.63) is 51.7 Å². The molecule has 1 N–H and O–H groups in total. The van der Waals surface area contributed by atoms with Gasteiger partial charge in [-0.2, -0.15) is 4.98 Å². The van der Waals surface area contributed by atoms with Crippen LogP contribution in [0.25, 0.3) is 0 Å². The first-order valence-electron chi connectivity index (χ1n) is 9.49. The van der Waals surface area contributed by atoms with Crippen LogP contribution < -0.4 is 20.6 Å². The number of hydrogen-bond acceptors (Lipinski definition) is 5. The molecule has 28 heavy (non-hydrogen) atoms. The molecule has 1 aliphatic heterocycles. The molecule has 0 aliphatic carbocycles. The van der Waals surface area contributed by atoms with Gasteiger partial charge in [0.1, 0.15) is 18.2 Å². The lowest BCUT2D eigenvalue weighted by molar-refractivity contribution is -0.119. The Balaban J connectivity index is 1.76. The molecule has 0 unspecified atom stereocenters. The van der Waals surface area contributed by atoms with Crippen LogP contribution in [0.15, 0.2) is 29.1 Å². The molecule has 0 spiro atoms. The summed E-state index contributed by atoms with van der Waals surface area (Å²) >= 11 is 0. The number of carbonyl (C=O) groups is 1. The summed E-state index contributed by atoms with van der Waals surface area (Å²) in [6.45, 7) is 5.80. The minimum Gasteiger partial charge on any atom is -0.473 e. The van der Waals surface area contributed by atoms with Crippen LogP contribution in [0.3, 0.4) is 0 Å². The van der Waals surface area contributed by atoms with Gasteiger partial charge in [-0.1, -0.05) is 19.1 Å². The Labute approximate surface area is 163 Å². The number of aromatic nitrogens is 2. The van der Waals surface area contributed by atoms with E-state index in [2.05, 4.69) is 10.3 Å². The Morgan fingerprint density at radius 1 is 1.32 bits per heavy atom. The minimum absolute atomic E-state index is 0.0860. The van der Waals surface area contributed by atoms with E-state index in [4.69, 9.17) is 4.74 Å². The summed E-state index contributed by atoms with van der Waals surface area (Å²) < 4.78 is 20.9. The van der Waals surface area contributed by atoms with Gasteiger partial charge in [-0.05, 0) is 37.0 Å². The van der Waals surface area contributed by atoms with Crippen molar-refractivity contribution < 1.29 is 13.9 Å². The van der Waals surface area contributed by atoms with Gasteiger partial charge in [-0.25, -0.2) is 9.18 Å². The first-order valence-corrected chi connectivity index (χ1v) is 9.49. The van der Waals surface area contributed by atoms with Crippen molar-refractivity contribution in [3.63, 3.8) is 0 Å². The summed E-state index contributed by atoms with van der Waals surface area (Å²) in [6.07, 6.45) is 1.63. The van der Waals surface area contributed by atoms with Crippen LogP contribution in [0.5, 0.6) is 5.88 Å². The molecule has 150 valence electrons. The molecular formula is C20H25FN4O3. The van der Waals surface area contributed by atoms with Crippen LogP contribution in [0.4, 0.5) is 10.2 Å². The molecule has 0 radical (unpaired) electrons. The van der Waals surface area contributed by atoms with E-state index in [1.54, 1.807) is 29.7 Å². The quantitative estimate of drug-likeness (QED) is 0.785. The fourth-order valence-electron chi connectivity index (χ4n) is 3.09. The number of nitrogens with zero attached hydrogens (tertiary/aromatic N) is 3. The molecule has 3 rings (SSSR count). The summed E-state index contributed by atoms with van der Waals surface area (Å²) in [4.78, 5) is 30.3. The second kappa shape index (κ2) is 8.86. The van der Waals surface area contributed by atoms with Crippen molar-refractivity contribution in [2.45, 2.75) is 39.8 Å². The van der Waals surface area contributed by atoms with Crippen molar-refractivity contribution in [2.24, 2.45) is 0 Å². The molecule has 2 aromatic rings. The third-order valence-corrected chi connectivity index (χ3v) is 4.63. The maximum atomic E-state index is 13.7. The fraction of sp³-hybridized carbons (Fsp3) is 0.450. The van der Waals surface area contributed by atoms with Crippen LogP contribution >= 0.6 is 0 Å². The Morgan fingerprint density at radius 2 is 2.14 bits per heavy atom. The molecule has 1 aliphatic rings. The van der Waals surface area contributed by atoms with E-state index in [1.165, 1.54) is 6.07 Å². The van der Waals surface area contributed by atoms with Gasteiger partial charge in [0.15, 0.2) is 0 Å². The van der Waals surface area contributed by atoms with E-state index in [9.17, 15) is 14.0 Å². The van der Waals surface area contributed by atoms with Crippen LogP contribution in [0.2, 0.25) is 0 Å². The van der Waals surface area contributed by atoms with Gasteiger partial charge >= 0.3 is 5.69 Å². The maximum absolute atomic E-state index is 13.7. The number of halogens is 1. The van der Waals surface area contributed by atoms with E-state index >= 15 is 0 Å². The lowest BCUT2D eigenvalue weighted by atomic mass is 10.1. The van der Waals surface area contributed by atoms with E-state index in [-0.39, 0.29) is 30.8 Å². The highest BCUT2D eigenvalue weighted by Crippen LogP contribution is 2.22. The Kier molecular flexibility index (Phi) is 6.28. The zero-order valence-corrected chi connectivity index (χ0v) is 16.2. The van der Waals surface area contributed by atoms with Gasteiger partial charge in [-0.3, -0.25) is 9.36 Å². The van der Waals surface area contributed by atoms with Crippen molar-refractivity contribution in [1.29, 1.82) is 0 Å². The number of carbonyl (C=O) groups excluding carboxylic acids is 1. The van der Waals surface area contributed by atoms with Gasteiger partial charge in [0.25, 0.3) is 0 Å². The molecular weight excluding hydrogens is 363 g/mol. The number of hydrogen-bond donors (Lipinski definition) is 1. The zero-order chi connectivity index (χ0) is 20.1.